The summed E-state index contributed by atoms with van der Waals surface area (Å²) < 4.78 is 41.1. The molecule has 4 aliphatic rings. The molecule has 8 nitrogen and oxygen atoms in total. The van der Waals surface area contributed by atoms with Gasteiger partial charge in [-0.25, -0.2) is 0 Å². The number of quaternary nitrogens is 1. The normalized spacial score (nSPS) is 19.4. The fourth-order valence-electron chi connectivity index (χ4n) is 6.59. The quantitative estimate of drug-likeness (QED) is 0.364. The number of hydrogen-bond acceptors (Lipinski definition) is 7. The minimum absolute atomic E-state index is 0. The number of rotatable bonds is 12. The molecule has 44 heavy (non-hydrogen) atoms. The van der Waals surface area contributed by atoms with Gasteiger partial charge in [-0.05, 0) is 53.5 Å². The molecule has 0 aromatic heterocycles. The van der Waals surface area contributed by atoms with Crippen LogP contribution in [0.25, 0.3) is 5.70 Å². The van der Waals surface area contributed by atoms with E-state index in [4.69, 9.17) is 33.2 Å². The highest BCUT2D eigenvalue weighted by molar-refractivity contribution is 5.77. The van der Waals surface area contributed by atoms with E-state index in [0.717, 1.165) is 59.8 Å². The number of ether oxygens (including phenoxy) is 7. The van der Waals surface area contributed by atoms with Gasteiger partial charge >= 0.3 is 0 Å². The van der Waals surface area contributed by atoms with Gasteiger partial charge in [-0.1, -0.05) is 32.3 Å². The Balaban J connectivity index is 0.00000384. The molecule has 0 radical (unpaired) electrons. The lowest BCUT2D eigenvalue weighted by atomic mass is 9.79. The van der Waals surface area contributed by atoms with Gasteiger partial charge in [0.05, 0.1) is 35.0 Å². The van der Waals surface area contributed by atoms with Crippen LogP contribution < -0.4 is 41.0 Å². The van der Waals surface area contributed by atoms with Gasteiger partial charge in [0, 0.05) is 36.2 Å². The predicted molar refractivity (Wildman–Crippen MR) is 164 cm³/mol. The summed E-state index contributed by atoms with van der Waals surface area (Å²) in [5.41, 5.74) is 8.33. The summed E-state index contributed by atoms with van der Waals surface area (Å²) in [5.74, 6) is 4.31. The Morgan fingerprint density at radius 3 is 2.30 bits per heavy atom. The maximum absolute atomic E-state index is 6.58. The first-order chi connectivity index (χ1) is 21.1. The number of hydrogen-bond donors (Lipinski definition) is 1. The molecule has 9 heteroatoms. The zero-order chi connectivity index (χ0) is 29.9. The molecular formula is C35H42ClNO7. The molecule has 3 aliphatic heterocycles. The largest absolute Gasteiger partial charge is 1.00 e. The van der Waals surface area contributed by atoms with Crippen molar-refractivity contribution in [2.24, 2.45) is 0 Å². The molecule has 1 aliphatic carbocycles. The van der Waals surface area contributed by atoms with E-state index in [-0.39, 0.29) is 25.3 Å². The second-order valence-corrected chi connectivity index (χ2v) is 11.2. The number of benzene rings is 2. The fraction of sp³-hybridized carbons (Fsp3) is 0.429. The van der Waals surface area contributed by atoms with Crippen LogP contribution in [0.1, 0.15) is 49.3 Å². The molecule has 236 valence electrons. The summed E-state index contributed by atoms with van der Waals surface area (Å²) in [6, 6.07) is 8.38. The lowest BCUT2D eigenvalue weighted by Gasteiger charge is -2.36. The van der Waals surface area contributed by atoms with E-state index in [0.29, 0.717) is 30.3 Å². The first kappa shape index (κ1) is 31.8. The molecule has 0 spiro atoms. The molecule has 2 unspecified atom stereocenters. The standard InChI is InChI=1S/C35H41NO7.ClH/c1-6-7-8-9-14-41-34-27-20-36-13-12-23-18-29-30(43-21-42-29)19-25(23)33(36)26(24(27)10-11-28(34)37-2)15-22-16-31(38-3)35(40-5)32(17-22)39-4;/h10-11,16-20,34H,6-9,12-15,21H2,1-5H3;1H. The average Bonchev–Trinajstić information content (AvgIpc) is 3.50. The van der Waals surface area contributed by atoms with E-state index in [2.05, 4.69) is 37.4 Å². The summed E-state index contributed by atoms with van der Waals surface area (Å²) in [5, 5.41) is 0. The van der Waals surface area contributed by atoms with E-state index in [9.17, 15) is 0 Å². The van der Waals surface area contributed by atoms with Crippen molar-refractivity contribution in [3.63, 3.8) is 0 Å². The summed E-state index contributed by atoms with van der Waals surface area (Å²) in [6.45, 7) is 4.09. The van der Waals surface area contributed by atoms with Gasteiger partial charge in [-0.15, -0.1) is 0 Å². The van der Waals surface area contributed by atoms with Gasteiger partial charge in [0.1, 0.15) is 23.8 Å². The minimum Gasteiger partial charge on any atom is -1.00 e. The van der Waals surface area contributed by atoms with Gasteiger partial charge in [0.15, 0.2) is 23.0 Å². The van der Waals surface area contributed by atoms with E-state index in [1.54, 1.807) is 28.4 Å². The summed E-state index contributed by atoms with van der Waals surface area (Å²) >= 11 is 0. The smallest absolute Gasteiger partial charge is 0.231 e. The molecule has 2 atom stereocenters. The van der Waals surface area contributed by atoms with Crippen LogP contribution in [0.15, 0.2) is 65.1 Å². The second kappa shape index (κ2) is 14.0. The Labute approximate surface area is 266 Å². The van der Waals surface area contributed by atoms with Crippen LogP contribution in [0.3, 0.4) is 0 Å². The summed E-state index contributed by atoms with van der Waals surface area (Å²) in [6.07, 6.45) is 12.5. The van der Waals surface area contributed by atoms with E-state index >= 15 is 0 Å². The minimum atomic E-state index is -0.256. The van der Waals surface area contributed by atoms with E-state index in [1.807, 2.05) is 12.1 Å². The Hall–Kier alpha value is -3.59. The van der Waals surface area contributed by atoms with Crippen LogP contribution in [0.2, 0.25) is 0 Å². The predicted octanol–water partition coefficient (Wildman–Crippen LogP) is 2.17. The Morgan fingerprint density at radius 2 is 1.61 bits per heavy atom. The molecule has 2 aromatic carbocycles. The second-order valence-electron chi connectivity index (χ2n) is 11.2. The molecule has 3 heterocycles. The fourth-order valence-corrected chi connectivity index (χ4v) is 6.59. The van der Waals surface area contributed by atoms with E-state index < -0.39 is 0 Å². The SMILES string of the molecule is CCCCCCOC1C(OC)=CC=C2C1=C[NH+]1CCc3cc4c(cc3C1=C2Cc1cc(OC)c(OC)c(OC)c1)OCO4.[Cl-]. The maximum Gasteiger partial charge on any atom is 0.231 e. The highest BCUT2D eigenvalue weighted by Gasteiger charge is 2.40. The third kappa shape index (κ3) is 5.91. The van der Waals surface area contributed by atoms with Crippen molar-refractivity contribution in [3.8, 4) is 28.7 Å². The number of halogens is 1. The zero-order valence-corrected chi connectivity index (χ0v) is 27.0. The molecule has 0 saturated heterocycles. The van der Waals surface area contributed by atoms with Crippen LogP contribution in [0.5, 0.6) is 28.7 Å². The van der Waals surface area contributed by atoms with Crippen molar-refractivity contribution in [1.82, 2.24) is 0 Å². The topological polar surface area (TPSA) is 69.1 Å². The lowest BCUT2D eigenvalue weighted by molar-refractivity contribution is -0.771. The molecule has 6 rings (SSSR count). The first-order valence-electron chi connectivity index (χ1n) is 15.2. The molecule has 0 amide bonds. The highest BCUT2D eigenvalue weighted by Crippen LogP contribution is 2.44. The van der Waals surface area contributed by atoms with Crippen molar-refractivity contribution in [1.29, 1.82) is 0 Å². The number of allylic oxidation sites excluding steroid dienone is 3. The molecule has 1 N–H and O–H groups in total. The molecule has 0 bridgehead atoms. The number of nitrogens with one attached hydrogen (secondary N) is 1. The number of fused-ring (bicyclic) bond motifs is 5. The number of methoxy groups -OCH3 is 4. The van der Waals surface area contributed by atoms with Gasteiger partial charge in [0.2, 0.25) is 12.5 Å². The van der Waals surface area contributed by atoms with Crippen molar-refractivity contribution in [2.45, 2.75) is 51.6 Å². The van der Waals surface area contributed by atoms with Crippen molar-refractivity contribution in [3.05, 3.63) is 81.8 Å². The van der Waals surface area contributed by atoms with Gasteiger partial charge < -0.3 is 45.6 Å². The monoisotopic (exact) mass is 623 g/mol. The van der Waals surface area contributed by atoms with Crippen LogP contribution in [-0.4, -0.2) is 54.5 Å². The Bertz CT molecular complexity index is 1480. The number of unbranched alkanes of at least 4 members (excludes halogenated alkanes) is 3. The van der Waals surface area contributed by atoms with Crippen LogP contribution in [0.4, 0.5) is 0 Å². The average molecular weight is 624 g/mol. The van der Waals surface area contributed by atoms with Crippen molar-refractivity contribution >= 4 is 5.70 Å². The molecule has 0 saturated carbocycles. The van der Waals surface area contributed by atoms with Crippen molar-refractivity contribution in [2.75, 3.05) is 48.4 Å². The molecule has 2 aromatic rings. The molecular weight excluding hydrogens is 582 g/mol. The Kier molecular flexibility index (Phi) is 10.1. The van der Waals surface area contributed by atoms with Crippen LogP contribution >= 0.6 is 0 Å². The third-order valence-electron chi connectivity index (χ3n) is 8.70. The van der Waals surface area contributed by atoms with Gasteiger partial charge in [-0.3, -0.25) is 4.90 Å². The van der Waals surface area contributed by atoms with E-state index in [1.165, 1.54) is 40.1 Å². The highest BCUT2D eigenvalue weighted by atomic mass is 35.5. The van der Waals surface area contributed by atoms with Gasteiger partial charge in [0.25, 0.3) is 0 Å². The van der Waals surface area contributed by atoms with Crippen LogP contribution in [0, 0.1) is 0 Å². The summed E-state index contributed by atoms with van der Waals surface area (Å²) in [4.78, 5) is 1.30. The van der Waals surface area contributed by atoms with Crippen LogP contribution in [-0.2, 0) is 22.3 Å². The lowest BCUT2D eigenvalue weighted by Crippen LogP contribution is -3.06. The Morgan fingerprint density at radius 1 is 0.864 bits per heavy atom. The zero-order valence-electron chi connectivity index (χ0n) is 26.2. The van der Waals surface area contributed by atoms with Crippen molar-refractivity contribution < 1.29 is 50.5 Å². The van der Waals surface area contributed by atoms with Gasteiger partial charge in [-0.2, -0.15) is 0 Å². The maximum atomic E-state index is 6.58. The summed E-state index contributed by atoms with van der Waals surface area (Å²) in [7, 11) is 6.66. The third-order valence-corrected chi connectivity index (χ3v) is 8.70. The first-order valence-corrected chi connectivity index (χ1v) is 15.2. The molecule has 0 fully saturated rings.